The second-order valence-electron chi connectivity index (χ2n) is 16.2. The van der Waals surface area contributed by atoms with Crippen LogP contribution in [-0.2, 0) is 0 Å². The van der Waals surface area contributed by atoms with Crippen molar-refractivity contribution in [1.82, 2.24) is 23.7 Å². The fourth-order valence-electron chi connectivity index (χ4n) is 10.2. The van der Waals surface area contributed by atoms with Gasteiger partial charge in [-0.15, -0.1) is 11.3 Å². The van der Waals surface area contributed by atoms with E-state index < -0.39 is 0 Å². The van der Waals surface area contributed by atoms with Crippen molar-refractivity contribution in [1.29, 1.82) is 0 Å². The van der Waals surface area contributed by atoms with Gasteiger partial charge in [0.1, 0.15) is 11.6 Å². The molecule has 0 aliphatic heterocycles. The van der Waals surface area contributed by atoms with Crippen LogP contribution >= 0.6 is 11.3 Å². The van der Waals surface area contributed by atoms with Crippen LogP contribution in [0.1, 0.15) is 5.48 Å². The van der Waals surface area contributed by atoms with Crippen LogP contribution in [0.4, 0.5) is 0 Å². The number of thiophene rings is 1. The van der Waals surface area contributed by atoms with Gasteiger partial charge in [-0.3, -0.25) is 9.13 Å². The van der Waals surface area contributed by atoms with E-state index in [2.05, 4.69) is 155 Å². The number of benzene rings is 9. The summed E-state index contributed by atoms with van der Waals surface area (Å²) in [4.78, 5) is 11.4. The SMILES string of the molecule is [2H]c1c([2H])c([2H])c2c(c1[2H])c1ccccc1n2-c1cc(-n2c3ccccc3c3ccccc32)nc(-c2c(-c3cccc4c3sc3ccccc34)cccc2-n2c3ccccc3c3ccccc32)n1. The smallest absolute Gasteiger partial charge is 0.166 e. The first-order valence-electron chi connectivity index (χ1n) is 23.3. The molecule has 64 heavy (non-hydrogen) atoms. The molecule has 14 aromatic rings. The minimum Gasteiger partial charge on any atom is -0.308 e. The minimum atomic E-state index is -0.307. The summed E-state index contributed by atoms with van der Waals surface area (Å²) in [5, 5.41) is 7.95. The second-order valence-corrected chi connectivity index (χ2v) is 17.3. The van der Waals surface area contributed by atoms with E-state index in [0.717, 1.165) is 70.7 Å². The van der Waals surface area contributed by atoms with Crippen molar-refractivity contribution in [3.05, 3.63) is 212 Å². The number of aromatic nitrogens is 5. The third-order valence-corrected chi connectivity index (χ3v) is 14.0. The van der Waals surface area contributed by atoms with Gasteiger partial charge in [-0.05, 0) is 54.1 Å². The van der Waals surface area contributed by atoms with Crippen LogP contribution in [0.15, 0.2) is 212 Å². The lowest BCUT2D eigenvalue weighted by atomic mass is 9.95. The number of rotatable bonds is 5. The van der Waals surface area contributed by atoms with E-state index in [-0.39, 0.29) is 24.2 Å². The molecule has 6 heteroatoms. The Kier molecular flexibility index (Phi) is 6.69. The van der Waals surface area contributed by atoms with Crippen molar-refractivity contribution in [2.75, 3.05) is 0 Å². The van der Waals surface area contributed by atoms with E-state index in [9.17, 15) is 2.74 Å². The highest BCUT2D eigenvalue weighted by molar-refractivity contribution is 7.26. The van der Waals surface area contributed by atoms with Crippen LogP contribution in [0.2, 0.25) is 0 Å². The number of hydrogen-bond acceptors (Lipinski definition) is 3. The third kappa shape index (κ3) is 5.00. The maximum atomic E-state index is 9.46. The molecule has 5 nitrogen and oxygen atoms in total. The van der Waals surface area contributed by atoms with Crippen molar-refractivity contribution in [2.45, 2.75) is 0 Å². The Morgan fingerprint density at radius 2 is 0.828 bits per heavy atom. The quantitative estimate of drug-likeness (QED) is 0.173. The Labute approximate surface area is 376 Å². The van der Waals surface area contributed by atoms with E-state index >= 15 is 0 Å². The maximum Gasteiger partial charge on any atom is 0.166 e. The lowest BCUT2D eigenvalue weighted by Gasteiger charge is -2.20. The van der Waals surface area contributed by atoms with Crippen LogP contribution < -0.4 is 0 Å². The van der Waals surface area contributed by atoms with E-state index in [4.69, 9.17) is 12.7 Å². The van der Waals surface area contributed by atoms with E-state index in [1.54, 1.807) is 11.3 Å². The number of para-hydroxylation sites is 6. The molecular formula is C58H35N5S. The van der Waals surface area contributed by atoms with Gasteiger partial charge in [0.2, 0.25) is 0 Å². The van der Waals surface area contributed by atoms with Gasteiger partial charge in [0.15, 0.2) is 5.82 Å². The first kappa shape index (κ1) is 31.5. The summed E-state index contributed by atoms with van der Waals surface area (Å²) in [6, 6.07) is 64.2. The molecule has 5 heterocycles. The Morgan fingerprint density at radius 3 is 1.44 bits per heavy atom. The summed E-state index contributed by atoms with van der Waals surface area (Å²) in [6.45, 7) is 0. The summed E-state index contributed by atoms with van der Waals surface area (Å²) in [5.41, 5.74) is 8.81. The summed E-state index contributed by atoms with van der Waals surface area (Å²) in [5.74, 6) is 1.53. The molecule has 0 bridgehead atoms. The van der Waals surface area contributed by atoms with Gasteiger partial charge < -0.3 is 4.57 Å². The van der Waals surface area contributed by atoms with Gasteiger partial charge in [0.05, 0.1) is 49.8 Å². The Bertz CT molecular complexity index is 4360. The summed E-state index contributed by atoms with van der Waals surface area (Å²) >= 11 is 1.78. The molecule has 298 valence electrons. The molecule has 0 unspecified atom stereocenters. The normalized spacial score (nSPS) is 12.9. The van der Waals surface area contributed by atoms with Crippen molar-refractivity contribution in [3.63, 3.8) is 0 Å². The molecule has 0 fully saturated rings. The van der Waals surface area contributed by atoms with Crippen LogP contribution in [0.3, 0.4) is 0 Å². The van der Waals surface area contributed by atoms with Crippen LogP contribution in [0.25, 0.3) is 125 Å². The van der Waals surface area contributed by atoms with Gasteiger partial charge in [0, 0.05) is 64.1 Å². The van der Waals surface area contributed by atoms with Gasteiger partial charge >= 0.3 is 0 Å². The third-order valence-electron chi connectivity index (χ3n) is 12.8. The molecular weight excluding hydrogens is 799 g/mol. The summed E-state index contributed by atoms with van der Waals surface area (Å²) < 4.78 is 45.2. The predicted octanol–water partition coefficient (Wildman–Crippen LogP) is 15.5. The first-order valence-corrected chi connectivity index (χ1v) is 22.2. The maximum absolute atomic E-state index is 9.46. The highest BCUT2D eigenvalue weighted by atomic mass is 32.1. The molecule has 5 aromatic heterocycles. The molecule has 0 radical (unpaired) electrons. The summed E-state index contributed by atoms with van der Waals surface area (Å²) in [6.07, 6.45) is 0. The zero-order valence-corrected chi connectivity index (χ0v) is 34.9. The highest BCUT2D eigenvalue weighted by Crippen LogP contribution is 2.46. The van der Waals surface area contributed by atoms with Gasteiger partial charge in [-0.2, -0.15) is 0 Å². The molecule has 14 rings (SSSR count). The average Bonchev–Trinajstić information content (AvgIpc) is 4.14. The molecule has 0 aliphatic carbocycles. The zero-order chi connectivity index (χ0) is 45.4. The monoisotopic (exact) mass is 837 g/mol. The Hall–Kier alpha value is -8.32. The lowest BCUT2D eigenvalue weighted by Crippen LogP contribution is -2.08. The van der Waals surface area contributed by atoms with E-state index in [1.807, 2.05) is 47.0 Å². The van der Waals surface area contributed by atoms with E-state index in [1.165, 1.54) is 15.5 Å². The Morgan fingerprint density at radius 1 is 0.375 bits per heavy atom. The largest absolute Gasteiger partial charge is 0.308 e. The predicted molar refractivity (Wildman–Crippen MR) is 269 cm³/mol. The van der Waals surface area contributed by atoms with Gasteiger partial charge in [-0.1, -0.05) is 158 Å². The minimum absolute atomic E-state index is 0.0942. The fraction of sp³-hybridized carbons (Fsp3) is 0. The molecule has 0 N–H and O–H groups in total. The summed E-state index contributed by atoms with van der Waals surface area (Å²) in [7, 11) is 0. The lowest BCUT2D eigenvalue weighted by molar-refractivity contribution is 0.991. The molecule has 0 aliphatic rings. The topological polar surface area (TPSA) is 40.6 Å². The van der Waals surface area contributed by atoms with Crippen LogP contribution in [0.5, 0.6) is 0 Å². The molecule has 0 atom stereocenters. The first-order chi connectivity index (χ1) is 33.4. The van der Waals surface area contributed by atoms with Crippen molar-refractivity contribution < 1.29 is 5.48 Å². The molecule has 0 saturated heterocycles. The van der Waals surface area contributed by atoms with Gasteiger partial charge in [0.25, 0.3) is 0 Å². The van der Waals surface area contributed by atoms with Crippen LogP contribution in [-0.4, -0.2) is 23.7 Å². The van der Waals surface area contributed by atoms with Crippen molar-refractivity contribution in [3.8, 4) is 39.8 Å². The zero-order valence-electron chi connectivity index (χ0n) is 38.0. The van der Waals surface area contributed by atoms with Crippen molar-refractivity contribution >= 4 is 96.9 Å². The van der Waals surface area contributed by atoms with Crippen molar-refractivity contribution in [2.24, 2.45) is 0 Å². The Balaban J connectivity index is 1.19. The highest BCUT2D eigenvalue weighted by Gasteiger charge is 2.25. The molecule has 9 aromatic carbocycles. The number of hydrogen-bond donors (Lipinski definition) is 0. The second kappa shape index (κ2) is 13.6. The molecule has 0 saturated carbocycles. The average molecular weight is 838 g/mol. The van der Waals surface area contributed by atoms with Gasteiger partial charge in [-0.25, -0.2) is 9.97 Å². The van der Waals surface area contributed by atoms with E-state index in [0.29, 0.717) is 39.3 Å². The number of fused-ring (bicyclic) bond motifs is 12. The fourth-order valence-corrected chi connectivity index (χ4v) is 11.4. The molecule has 0 spiro atoms. The van der Waals surface area contributed by atoms with Crippen LogP contribution in [0, 0.1) is 0 Å². The molecule has 0 amide bonds. The number of nitrogens with zero attached hydrogens (tertiary/aromatic N) is 5. The standard InChI is InChI=1S/C58H35N5S/c1-8-27-46-36(17-1)37-18-2-9-28-47(37)61(46)52-33-16-24-43(45-26-15-25-44-42-23-7-14-34-53(42)64-57(44)45)56(52)58-59-54(62-48-29-10-3-19-38(48)39-20-4-11-30-49(39)62)35-55(60-58)63-50-31-12-5-21-40(50)41-22-6-13-32-51(41)63/h1-35H/i3D,10D,19D,29D.